The van der Waals surface area contributed by atoms with E-state index in [4.69, 9.17) is 14.6 Å². The monoisotopic (exact) mass is 338 g/mol. The van der Waals surface area contributed by atoms with Crippen molar-refractivity contribution in [3.63, 3.8) is 0 Å². The molecule has 0 saturated carbocycles. The fourth-order valence-electron chi connectivity index (χ4n) is 2.62. The van der Waals surface area contributed by atoms with Crippen LogP contribution in [0, 0.1) is 0 Å². The molecular weight excluding hydrogens is 316 g/mol. The number of aliphatic hydroxyl groups is 1. The predicted octanol–water partition coefficient (Wildman–Crippen LogP) is 3.10. The number of imidazole rings is 1. The maximum atomic E-state index is 9.08. The Hall–Kier alpha value is -2.63. The molecule has 0 aliphatic rings. The molecule has 130 valence electrons. The van der Waals surface area contributed by atoms with Crippen molar-refractivity contribution in [3.8, 4) is 5.75 Å². The Labute approximate surface area is 147 Å². The first-order chi connectivity index (χ1) is 12.3. The maximum Gasteiger partial charge on any atom is 0.124 e. The molecule has 0 amide bonds. The minimum absolute atomic E-state index is 0.0212. The first-order valence-corrected chi connectivity index (χ1v) is 8.23. The van der Waals surface area contributed by atoms with Crippen LogP contribution in [0.15, 0.2) is 67.1 Å². The van der Waals surface area contributed by atoms with Crippen LogP contribution in [0.1, 0.15) is 22.9 Å². The molecule has 0 aliphatic carbocycles. The molecule has 1 unspecified atom stereocenters. The van der Waals surface area contributed by atoms with Crippen molar-refractivity contribution in [2.24, 2.45) is 7.05 Å². The highest BCUT2D eigenvalue weighted by atomic mass is 16.5. The summed E-state index contributed by atoms with van der Waals surface area (Å²) in [5.74, 6) is 0.804. The SMILES string of the molecule is Cn1cncc1C(OCCO)c1ccc(OCc2ccccc2)cc1. The number of nitrogens with zero attached hydrogens (tertiary/aromatic N) is 2. The fourth-order valence-corrected chi connectivity index (χ4v) is 2.62. The third-order valence-electron chi connectivity index (χ3n) is 3.93. The number of ether oxygens (including phenoxy) is 2. The number of rotatable bonds is 8. The molecule has 2 aromatic carbocycles. The maximum absolute atomic E-state index is 9.08. The molecule has 0 aliphatic heterocycles. The van der Waals surface area contributed by atoms with Gasteiger partial charge in [0.05, 0.1) is 31.4 Å². The summed E-state index contributed by atoms with van der Waals surface area (Å²) >= 11 is 0. The lowest BCUT2D eigenvalue weighted by Crippen LogP contribution is -2.12. The number of aromatic nitrogens is 2. The Morgan fingerprint density at radius 1 is 1.08 bits per heavy atom. The van der Waals surface area contributed by atoms with E-state index >= 15 is 0 Å². The van der Waals surface area contributed by atoms with Crippen molar-refractivity contribution in [3.05, 3.63) is 83.9 Å². The molecule has 0 spiro atoms. The van der Waals surface area contributed by atoms with E-state index in [1.807, 2.05) is 66.2 Å². The standard InChI is InChI=1S/C20H22N2O3/c1-22-15-21-13-19(22)20(24-12-11-23)17-7-9-18(10-8-17)25-14-16-5-3-2-4-6-16/h2-10,13,15,20,23H,11-12,14H2,1H3. The lowest BCUT2D eigenvalue weighted by atomic mass is 10.1. The summed E-state index contributed by atoms with van der Waals surface area (Å²) in [5, 5.41) is 9.08. The molecule has 1 aromatic heterocycles. The molecule has 3 aromatic rings. The predicted molar refractivity (Wildman–Crippen MR) is 95.3 cm³/mol. The van der Waals surface area contributed by atoms with Gasteiger partial charge in [0.15, 0.2) is 0 Å². The molecule has 0 fully saturated rings. The Bertz CT molecular complexity index is 769. The van der Waals surface area contributed by atoms with Crippen molar-refractivity contribution in [2.45, 2.75) is 12.7 Å². The molecule has 0 radical (unpaired) electrons. The van der Waals surface area contributed by atoms with Gasteiger partial charge in [-0.1, -0.05) is 42.5 Å². The van der Waals surface area contributed by atoms with Crippen LogP contribution in [-0.2, 0) is 18.4 Å². The Morgan fingerprint density at radius 3 is 2.48 bits per heavy atom. The number of aryl methyl sites for hydroxylation is 1. The quantitative estimate of drug-likeness (QED) is 0.686. The van der Waals surface area contributed by atoms with Gasteiger partial charge in [-0.25, -0.2) is 4.98 Å². The van der Waals surface area contributed by atoms with E-state index in [0.29, 0.717) is 6.61 Å². The average molecular weight is 338 g/mol. The van der Waals surface area contributed by atoms with Gasteiger partial charge in [0.2, 0.25) is 0 Å². The van der Waals surface area contributed by atoms with Crippen molar-refractivity contribution in [1.82, 2.24) is 9.55 Å². The molecular formula is C20H22N2O3. The van der Waals surface area contributed by atoms with E-state index in [-0.39, 0.29) is 19.3 Å². The smallest absolute Gasteiger partial charge is 0.124 e. The van der Waals surface area contributed by atoms with Crippen molar-refractivity contribution < 1.29 is 14.6 Å². The lowest BCUT2D eigenvalue weighted by Gasteiger charge is -2.19. The highest BCUT2D eigenvalue weighted by Crippen LogP contribution is 2.27. The first kappa shape index (κ1) is 17.2. The van der Waals surface area contributed by atoms with Crippen LogP contribution in [0.2, 0.25) is 0 Å². The topological polar surface area (TPSA) is 56.5 Å². The van der Waals surface area contributed by atoms with Gasteiger partial charge in [0.25, 0.3) is 0 Å². The molecule has 1 atom stereocenters. The van der Waals surface area contributed by atoms with Gasteiger partial charge in [-0.3, -0.25) is 0 Å². The summed E-state index contributed by atoms with van der Waals surface area (Å²) in [5.41, 5.74) is 3.06. The van der Waals surface area contributed by atoms with E-state index in [1.54, 1.807) is 12.5 Å². The van der Waals surface area contributed by atoms with E-state index in [9.17, 15) is 0 Å². The second kappa shape index (κ2) is 8.46. The third kappa shape index (κ3) is 4.47. The van der Waals surface area contributed by atoms with Crippen molar-refractivity contribution in [1.29, 1.82) is 0 Å². The van der Waals surface area contributed by atoms with Gasteiger partial charge < -0.3 is 19.1 Å². The van der Waals surface area contributed by atoms with Gasteiger partial charge in [0.1, 0.15) is 18.5 Å². The fraction of sp³-hybridized carbons (Fsp3) is 0.250. The normalized spacial score (nSPS) is 12.1. The summed E-state index contributed by atoms with van der Waals surface area (Å²) in [6, 6.07) is 17.9. The summed E-state index contributed by atoms with van der Waals surface area (Å²) < 4.78 is 13.6. The summed E-state index contributed by atoms with van der Waals surface area (Å²) in [6.07, 6.45) is 3.24. The van der Waals surface area contributed by atoms with Crippen LogP contribution >= 0.6 is 0 Å². The lowest BCUT2D eigenvalue weighted by molar-refractivity contribution is 0.0465. The molecule has 0 bridgehead atoms. The third-order valence-corrected chi connectivity index (χ3v) is 3.93. The highest BCUT2D eigenvalue weighted by Gasteiger charge is 2.18. The van der Waals surface area contributed by atoms with Crippen LogP contribution in [0.5, 0.6) is 5.75 Å². The van der Waals surface area contributed by atoms with Gasteiger partial charge >= 0.3 is 0 Å². The van der Waals surface area contributed by atoms with Crippen LogP contribution in [-0.4, -0.2) is 27.9 Å². The number of benzene rings is 2. The van der Waals surface area contributed by atoms with E-state index in [1.165, 1.54) is 0 Å². The summed E-state index contributed by atoms with van der Waals surface area (Å²) in [7, 11) is 1.93. The van der Waals surface area contributed by atoms with E-state index in [2.05, 4.69) is 4.98 Å². The number of aliphatic hydroxyl groups excluding tert-OH is 1. The molecule has 3 rings (SSSR count). The Balaban J connectivity index is 1.71. The van der Waals surface area contributed by atoms with Crippen LogP contribution in [0.3, 0.4) is 0 Å². The van der Waals surface area contributed by atoms with Crippen LogP contribution < -0.4 is 4.74 Å². The van der Waals surface area contributed by atoms with Crippen molar-refractivity contribution in [2.75, 3.05) is 13.2 Å². The number of hydrogen-bond acceptors (Lipinski definition) is 4. The molecule has 1 heterocycles. The van der Waals surface area contributed by atoms with E-state index < -0.39 is 0 Å². The first-order valence-electron chi connectivity index (χ1n) is 8.23. The second-order valence-corrected chi connectivity index (χ2v) is 5.75. The summed E-state index contributed by atoms with van der Waals surface area (Å²) in [6.45, 7) is 0.779. The Morgan fingerprint density at radius 2 is 1.84 bits per heavy atom. The van der Waals surface area contributed by atoms with Gasteiger partial charge in [-0.2, -0.15) is 0 Å². The van der Waals surface area contributed by atoms with Crippen LogP contribution in [0.25, 0.3) is 0 Å². The zero-order valence-corrected chi connectivity index (χ0v) is 14.2. The van der Waals surface area contributed by atoms with Gasteiger partial charge in [-0.05, 0) is 23.3 Å². The zero-order chi connectivity index (χ0) is 17.5. The molecule has 25 heavy (non-hydrogen) atoms. The van der Waals surface area contributed by atoms with Gasteiger partial charge in [-0.15, -0.1) is 0 Å². The van der Waals surface area contributed by atoms with Crippen molar-refractivity contribution >= 4 is 0 Å². The van der Waals surface area contributed by atoms with E-state index in [0.717, 1.165) is 22.6 Å². The zero-order valence-electron chi connectivity index (χ0n) is 14.2. The molecule has 1 N–H and O–H groups in total. The number of hydrogen-bond donors (Lipinski definition) is 1. The molecule has 5 nitrogen and oxygen atoms in total. The Kier molecular flexibility index (Phi) is 5.82. The van der Waals surface area contributed by atoms with Crippen LogP contribution in [0.4, 0.5) is 0 Å². The largest absolute Gasteiger partial charge is 0.489 e. The average Bonchev–Trinajstić information content (AvgIpc) is 3.08. The molecule has 5 heteroatoms. The minimum Gasteiger partial charge on any atom is -0.489 e. The summed E-state index contributed by atoms with van der Waals surface area (Å²) in [4.78, 5) is 4.15. The van der Waals surface area contributed by atoms with Gasteiger partial charge in [0, 0.05) is 7.05 Å². The second-order valence-electron chi connectivity index (χ2n) is 5.75. The minimum atomic E-state index is -0.275. The molecule has 0 saturated heterocycles. The highest BCUT2D eigenvalue weighted by molar-refractivity contribution is 5.32.